The van der Waals surface area contributed by atoms with Gasteiger partial charge in [-0.25, -0.2) is 0 Å². The molecular weight excluding hydrogens is 336 g/mol. The van der Waals surface area contributed by atoms with Crippen LogP contribution in [0.5, 0.6) is 0 Å². The number of hydrogen-bond donors (Lipinski definition) is 1. The number of carboxylic acid groups (broad SMARTS) is 1. The van der Waals surface area contributed by atoms with Gasteiger partial charge in [0.2, 0.25) is 0 Å². The lowest BCUT2D eigenvalue weighted by Crippen LogP contribution is -2.36. The molecule has 1 aliphatic rings. The number of aliphatic carboxylic acids is 1. The minimum atomic E-state index is -0.655. The first kappa shape index (κ1) is 17.6. The fourth-order valence-electron chi connectivity index (χ4n) is 3.85. The van der Waals surface area contributed by atoms with Gasteiger partial charge in [0.05, 0.1) is 11.4 Å². The highest BCUT2D eigenvalue weighted by Gasteiger charge is 2.23. The van der Waals surface area contributed by atoms with Crippen LogP contribution in [0.3, 0.4) is 0 Å². The molecule has 2 heterocycles. The lowest BCUT2D eigenvalue weighted by molar-refractivity contribution is -0.143. The summed E-state index contributed by atoms with van der Waals surface area (Å²) >= 11 is 0. The normalized spacial score (nSPS) is 16.3. The highest BCUT2D eigenvalue weighted by Crippen LogP contribution is 2.25. The van der Waals surface area contributed by atoms with Crippen LogP contribution in [0.25, 0.3) is 22.7 Å². The third kappa shape index (κ3) is 3.81. The largest absolute Gasteiger partial charge is 0.481 e. The molecule has 0 amide bonds. The van der Waals surface area contributed by atoms with Crippen molar-refractivity contribution in [1.29, 1.82) is 0 Å². The second-order valence-corrected chi connectivity index (χ2v) is 7.11. The fourth-order valence-corrected chi connectivity index (χ4v) is 3.85. The van der Waals surface area contributed by atoms with Gasteiger partial charge in [0.15, 0.2) is 0 Å². The molecule has 1 aromatic heterocycles. The highest BCUT2D eigenvalue weighted by molar-refractivity contribution is 5.85. The molecule has 0 unspecified atom stereocenters. The molecule has 1 fully saturated rings. The summed E-state index contributed by atoms with van der Waals surface area (Å²) in [5.41, 5.74) is 3.51. The molecule has 3 aromatic rings. The van der Waals surface area contributed by atoms with Crippen LogP contribution in [0.2, 0.25) is 0 Å². The molecule has 4 rings (SSSR count). The number of carbonyl (C=O) groups is 1. The maximum Gasteiger partial charge on any atom is 0.306 e. The molecule has 0 spiro atoms. The molecule has 27 heavy (non-hydrogen) atoms. The van der Waals surface area contributed by atoms with Crippen molar-refractivity contribution in [2.24, 2.45) is 5.92 Å². The van der Waals surface area contributed by atoms with E-state index in [2.05, 4.69) is 76.2 Å². The van der Waals surface area contributed by atoms with Crippen LogP contribution in [0.4, 0.5) is 0 Å². The minimum Gasteiger partial charge on any atom is -0.481 e. The molecule has 1 N–H and O–H groups in total. The topological polar surface area (TPSA) is 45.5 Å². The smallest absolute Gasteiger partial charge is 0.306 e. The SMILES string of the molecule is O=C(O)C1CCN(C/C=C/c2cc3ccccc3n2-c2ccccc2)CC1. The van der Waals surface area contributed by atoms with Crippen molar-refractivity contribution >= 4 is 22.9 Å². The maximum atomic E-state index is 11.1. The van der Waals surface area contributed by atoms with Gasteiger partial charge in [-0.2, -0.15) is 0 Å². The van der Waals surface area contributed by atoms with Crippen molar-refractivity contribution in [3.63, 3.8) is 0 Å². The summed E-state index contributed by atoms with van der Waals surface area (Å²) < 4.78 is 2.28. The number of piperidine rings is 1. The Morgan fingerprint density at radius 1 is 1.04 bits per heavy atom. The van der Waals surface area contributed by atoms with E-state index in [0.29, 0.717) is 0 Å². The van der Waals surface area contributed by atoms with Crippen LogP contribution >= 0.6 is 0 Å². The Bertz CT molecular complexity index is 951. The molecule has 0 atom stereocenters. The van der Waals surface area contributed by atoms with Crippen molar-refractivity contribution in [2.75, 3.05) is 19.6 Å². The first-order valence-electron chi connectivity index (χ1n) is 9.50. The van der Waals surface area contributed by atoms with Crippen LogP contribution in [-0.4, -0.2) is 40.2 Å². The predicted octanol–water partition coefficient (Wildman–Crippen LogP) is 4.44. The standard InChI is InChI=1S/C23H24N2O2/c26-23(27)18-12-15-24(16-13-18)14-6-10-21-17-19-7-4-5-11-22(19)25(21)20-8-2-1-3-9-20/h1-11,17-18H,12-16H2,(H,26,27)/b10-6+. The van der Waals surface area contributed by atoms with Crippen molar-refractivity contribution < 1.29 is 9.90 Å². The minimum absolute atomic E-state index is 0.175. The number of benzene rings is 2. The van der Waals surface area contributed by atoms with Gasteiger partial charge < -0.3 is 9.67 Å². The molecule has 2 aromatic carbocycles. The lowest BCUT2D eigenvalue weighted by atomic mass is 9.97. The van der Waals surface area contributed by atoms with Crippen molar-refractivity contribution in [3.05, 3.63) is 72.4 Å². The zero-order valence-corrected chi connectivity index (χ0v) is 15.3. The Labute approximate surface area is 159 Å². The van der Waals surface area contributed by atoms with Crippen LogP contribution in [0.15, 0.2) is 66.7 Å². The van der Waals surface area contributed by atoms with Crippen molar-refractivity contribution in [3.8, 4) is 5.69 Å². The highest BCUT2D eigenvalue weighted by atomic mass is 16.4. The molecule has 0 bridgehead atoms. The molecule has 1 saturated heterocycles. The molecule has 0 radical (unpaired) electrons. The first-order valence-corrected chi connectivity index (χ1v) is 9.50. The van der Waals surface area contributed by atoms with Gasteiger partial charge in [0.25, 0.3) is 0 Å². The van der Waals surface area contributed by atoms with Crippen molar-refractivity contribution in [2.45, 2.75) is 12.8 Å². The summed E-state index contributed by atoms with van der Waals surface area (Å²) in [7, 11) is 0. The molecule has 0 saturated carbocycles. The van der Waals surface area contributed by atoms with Gasteiger partial charge in [0, 0.05) is 23.3 Å². The van der Waals surface area contributed by atoms with Crippen LogP contribution in [0, 0.1) is 5.92 Å². The number of nitrogens with zero attached hydrogens (tertiary/aromatic N) is 2. The van der Waals surface area contributed by atoms with Gasteiger partial charge in [-0.15, -0.1) is 0 Å². The number of hydrogen-bond acceptors (Lipinski definition) is 2. The second kappa shape index (κ2) is 7.80. The summed E-state index contributed by atoms with van der Waals surface area (Å²) in [6.07, 6.45) is 5.85. The number of rotatable bonds is 5. The second-order valence-electron chi connectivity index (χ2n) is 7.11. The van der Waals surface area contributed by atoms with E-state index in [1.807, 2.05) is 6.07 Å². The van der Waals surface area contributed by atoms with Gasteiger partial charge in [-0.3, -0.25) is 9.69 Å². The fraction of sp³-hybridized carbons (Fsp3) is 0.261. The van der Waals surface area contributed by atoms with E-state index >= 15 is 0 Å². The summed E-state index contributed by atoms with van der Waals surface area (Å²) in [6, 6.07) is 21.1. The summed E-state index contributed by atoms with van der Waals surface area (Å²) in [5.74, 6) is -0.830. The summed E-state index contributed by atoms with van der Waals surface area (Å²) in [4.78, 5) is 13.4. The molecule has 138 valence electrons. The Morgan fingerprint density at radius 3 is 2.48 bits per heavy atom. The quantitative estimate of drug-likeness (QED) is 0.732. The monoisotopic (exact) mass is 360 g/mol. The third-order valence-corrected chi connectivity index (χ3v) is 5.34. The van der Waals surface area contributed by atoms with E-state index < -0.39 is 5.97 Å². The zero-order valence-electron chi connectivity index (χ0n) is 15.3. The third-order valence-electron chi connectivity index (χ3n) is 5.34. The number of fused-ring (bicyclic) bond motifs is 1. The van der Waals surface area contributed by atoms with Crippen LogP contribution < -0.4 is 0 Å². The zero-order chi connectivity index (χ0) is 18.6. The number of carboxylic acids is 1. The van der Waals surface area contributed by atoms with E-state index in [1.165, 1.54) is 10.9 Å². The van der Waals surface area contributed by atoms with E-state index in [4.69, 9.17) is 5.11 Å². The number of para-hydroxylation sites is 2. The molecule has 1 aliphatic heterocycles. The predicted molar refractivity (Wildman–Crippen MR) is 109 cm³/mol. The Kier molecular flexibility index (Phi) is 5.07. The molecular formula is C23H24N2O2. The molecule has 4 nitrogen and oxygen atoms in total. The summed E-state index contributed by atoms with van der Waals surface area (Å²) in [5, 5.41) is 10.3. The summed E-state index contributed by atoms with van der Waals surface area (Å²) in [6.45, 7) is 2.55. The van der Waals surface area contributed by atoms with E-state index in [0.717, 1.165) is 43.9 Å². The first-order chi connectivity index (χ1) is 13.2. The Hall–Kier alpha value is -2.85. The Morgan fingerprint density at radius 2 is 1.74 bits per heavy atom. The van der Waals surface area contributed by atoms with E-state index in [-0.39, 0.29) is 5.92 Å². The van der Waals surface area contributed by atoms with Crippen LogP contribution in [-0.2, 0) is 4.79 Å². The van der Waals surface area contributed by atoms with E-state index in [1.54, 1.807) is 0 Å². The van der Waals surface area contributed by atoms with Gasteiger partial charge in [-0.1, -0.05) is 42.5 Å². The van der Waals surface area contributed by atoms with Crippen molar-refractivity contribution in [1.82, 2.24) is 9.47 Å². The van der Waals surface area contributed by atoms with Gasteiger partial charge in [-0.05, 0) is 56.3 Å². The average molecular weight is 360 g/mol. The molecule has 0 aliphatic carbocycles. The number of likely N-dealkylation sites (tertiary alicyclic amines) is 1. The number of aromatic nitrogens is 1. The Balaban J connectivity index is 1.54. The maximum absolute atomic E-state index is 11.1. The average Bonchev–Trinajstić information content (AvgIpc) is 3.07. The van der Waals surface area contributed by atoms with Gasteiger partial charge >= 0.3 is 5.97 Å². The molecule has 4 heteroatoms. The lowest BCUT2D eigenvalue weighted by Gasteiger charge is -2.28. The van der Waals surface area contributed by atoms with Gasteiger partial charge in [0.1, 0.15) is 0 Å². The van der Waals surface area contributed by atoms with E-state index in [9.17, 15) is 4.79 Å². The van der Waals surface area contributed by atoms with Crippen LogP contribution in [0.1, 0.15) is 18.5 Å².